The number of hydrogen-bond donors (Lipinski definition) is 1. The minimum atomic E-state index is -0.782. The molecule has 0 bridgehead atoms. The number of hydrogen-bond acceptors (Lipinski definition) is 1. The SMILES string of the molecule is CC1(C)[C@H](C(=O)O)[C@@H]1C=C(Cl)Cl. The summed E-state index contributed by atoms with van der Waals surface area (Å²) in [5.41, 5.74) is -0.207. The van der Waals surface area contributed by atoms with Crippen molar-refractivity contribution in [3.05, 3.63) is 10.6 Å². The number of carboxylic acids is 1. The summed E-state index contributed by atoms with van der Waals surface area (Å²) in [7, 11) is 0. The molecule has 2 nitrogen and oxygen atoms in total. The van der Waals surface area contributed by atoms with Gasteiger partial charge in [-0.05, 0) is 17.4 Å². The van der Waals surface area contributed by atoms with Crippen LogP contribution in [0.4, 0.5) is 0 Å². The third-order valence-corrected chi connectivity index (χ3v) is 2.73. The molecule has 1 aliphatic rings. The van der Waals surface area contributed by atoms with E-state index in [1.165, 1.54) is 0 Å². The lowest BCUT2D eigenvalue weighted by Gasteiger charge is -1.96. The van der Waals surface area contributed by atoms with Gasteiger partial charge in [-0.3, -0.25) is 4.79 Å². The lowest BCUT2D eigenvalue weighted by Crippen LogP contribution is -2.02. The summed E-state index contributed by atoms with van der Waals surface area (Å²) < 4.78 is 0.150. The zero-order valence-electron chi connectivity index (χ0n) is 6.84. The number of carbonyl (C=O) groups is 1. The van der Waals surface area contributed by atoms with Crippen molar-refractivity contribution in [3.63, 3.8) is 0 Å². The zero-order valence-corrected chi connectivity index (χ0v) is 8.36. The van der Waals surface area contributed by atoms with Gasteiger partial charge in [-0.1, -0.05) is 37.0 Å². The van der Waals surface area contributed by atoms with Crippen LogP contribution in [0.3, 0.4) is 0 Å². The van der Waals surface area contributed by atoms with Gasteiger partial charge in [0.25, 0.3) is 0 Å². The van der Waals surface area contributed by atoms with Gasteiger partial charge in [-0.2, -0.15) is 0 Å². The minimum Gasteiger partial charge on any atom is -0.481 e. The van der Waals surface area contributed by atoms with Crippen LogP contribution in [0.15, 0.2) is 10.6 Å². The van der Waals surface area contributed by atoms with Crippen LogP contribution < -0.4 is 0 Å². The number of rotatable bonds is 2. The maximum Gasteiger partial charge on any atom is 0.307 e. The second-order valence-corrected chi connectivity index (χ2v) is 4.63. The summed E-state index contributed by atoms with van der Waals surface area (Å²) in [5.74, 6) is -1.15. The number of allylic oxidation sites excluding steroid dienone is 1. The molecule has 0 aromatic rings. The van der Waals surface area contributed by atoms with E-state index in [1.54, 1.807) is 6.08 Å². The molecule has 0 heterocycles. The Balaban J connectivity index is 2.73. The van der Waals surface area contributed by atoms with Gasteiger partial charge in [0.1, 0.15) is 4.49 Å². The van der Waals surface area contributed by atoms with Crippen LogP contribution in [0, 0.1) is 17.3 Å². The van der Waals surface area contributed by atoms with Crippen molar-refractivity contribution in [2.75, 3.05) is 0 Å². The largest absolute Gasteiger partial charge is 0.481 e. The van der Waals surface area contributed by atoms with Gasteiger partial charge in [-0.25, -0.2) is 0 Å². The fraction of sp³-hybridized carbons (Fsp3) is 0.625. The van der Waals surface area contributed by atoms with Crippen LogP contribution in [-0.4, -0.2) is 11.1 Å². The van der Waals surface area contributed by atoms with E-state index in [1.807, 2.05) is 13.8 Å². The Morgan fingerprint density at radius 3 is 2.25 bits per heavy atom. The van der Waals surface area contributed by atoms with E-state index in [9.17, 15) is 4.79 Å². The molecule has 1 saturated carbocycles. The van der Waals surface area contributed by atoms with Crippen molar-refractivity contribution in [2.24, 2.45) is 17.3 Å². The van der Waals surface area contributed by atoms with E-state index in [2.05, 4.69) is 0 Å². The van der Waals surface area contributed by atoms with Crippen molar-refractivity contribution in [1.29, 1.82) is 0 Å². The van der Waals surface area contributed by atoms with E-state index in [0.717, 1.165) is 0 Å². The van der Waals surface area contributed by atoms with Crippen molar-refractivity contribution in [1.82, 2.24) is 0 Å². The highest BCUT2D eigenvalue weighted by Crippen LogP contribution is 2.59. The van der Waals surface area contributed by atoms with E-state index < -0.39 is 5.97 Å². The summed E-state index contributed by atoms with van der Waals surface area (Å²) in [6.07, 6.45) is 1.60. The first-order valence-corrected chi connectivity index (χ1v) is 4.38. The average molecular weight is 209 g/mol. The summed E-state index contributed by atoms with van der Waals surface area (Å²) in [4.78, 5) is 10.7. The first kappa shape index (κ1) is 9.87. The highest BCUT2D eigenvalue weighted by molar-refractivity contribution is 6.55. The predicted octanol–water partition coefficient (Wildman–Crippen LogP) is 2.66. The summed E-state index contributed by atoms with van der Waals surface area (Å²) in [6, 6.07) is 0. The fourth-order valence-electron chi connectivity index (χ4n) is 1.60. The molecule has 0 unspecified atom stereocenters. The molecule has 0 saturated heterocycles. The number of halogens is 2. The lowest BCUT2D eigenvalue weighted by molar-refractivity contribution is -0.139. The van der Waals surface area contributed by atoms with Crippen molar-refractivity contribution in [2.45, 2.75) is 13.8 Å². The Hall–Kier alpha value is -0.210. The Labute approximate surface area is 81.2 Å². The quantitative estimate of drug-likeness (QED) is 0.758. The second kappa shape index (κ2) is 2.93. The molecule has 0 radical (unpaired) electrons. The van der Waals surface area contributed by atoms with E-state index in [0.29, 0.717) is 0 Å². The van der Waals surface area contributed by atoms with Crippen LogP contribution in [0.2, 0.25) is 0 Å². The van der Waals surface area contributed by atoms with Gasteiger partial charge in [-0.15, -0.1) is 0 Å². The lowest BCUT2D eigenvalue weighted by atomic mass is 10.1. The van der Waals surface area contributed by atoms with E-state index in [-0.39, 0.29) is 21.7 Å². The third-order valence-electron chi connectivity index (χ3n) is 2.48. The Bertz CT molecular complexity index is 241. The smallest absolute Gasteiger partial charge is 0.307 e. The summed E-state index contributed by atoms with van der Waals surface area (Å²) in [6.45, 7) is 3.79. The molecule has 2 atom stereocenters. The topological polar surface area (TPSA) is 37.3 Å². The van der Waals surface area contributed by atoms with Crippen molar-refractivity contribution in [3.8, 4) is 0 Å². The van der Waals surface area contributed by atoms with E-state index in [4.69, 9.17) is 28.3 Å². The highest BCUT2D eigenvalue weighted by atomic mass is 35.5. The normalized spacial score (nSPS) is 31.0. The predicted molar refractivity (Wildman–Crippen MR) is 48.2 cm³/mol. The van der Waals surface area contributed by atoms with Gasteiger partial charge in [0.05, 0.1) is 5.92 Å². The van der Waals surface area contributed by atoms with Crippen molar-refractivity contribution < 1.29 is 9.90 Å². The van der Waals surface area contributed by atoms with Gasteiger partial charge >= 0.3 is 5.97 Å². The van der Waals surface area contributed by atoms with Gasteiger partial charge in [0, 0.05) is 0 Å². The molecule has 68 valence electrons. The molecule has 1 aliphatic carbocycles. The molecule has 0 aliphatic heterocycles. The standard InChI is InChI=1S/C8H10Cl2O2/c1-8(2)4(3-5(9)10)6(8)7(11)12/h3-4,6H,1-2H3,(H,11,12)/t4-,6-/m0/s1. The molecule has 0 spiro atoms. The van der Waals surface area contributed by atoms with Gasteiger partial charge in [0.2, 0.25) is 0 Å². The molecule has 0 aromatic carbocycles. The van der Waals surface area contributed by atoms with Gasteiger partial charge in [0.15, 0.2) is 0 Å². The molecule has 1 N–H and O–H groups in total. The highest BCUT2D eigenvalue weighted by Gasteiger charge is 2.60. The molecule has 1 fully saturated rings. The molecule has 0 aromatic heterocycles. The van der Waals surface area contributed by atoms with E-state index >= 15 is 0 Å². The summed E-state index contributed by atoms with van der Waals surface area (Å²) >= 11 is 10.9. The average Bonchev–Trinajstić information content (AvgIpc) is 2.32. The van der Waals surface area contributed by atoms with Gasteiger partial charge < -0.3 is 5.11 Å². The molecule has 0 amide bonds. The number of aliphatic carboxylic acids is 1. The van der Waals surface area contributed by atoms with Crippen LogP contribution in [0.1, 0.15) is 13.8 Å². The van der Waals surface area contributed by atoms with Crippen LogP contribution >= 0.6 is 23.2 Å². The first-order valence-electron chi connectivity index (χ1n) is 3.63. The van der Waals surface area contributed by atoms with Crippen LogP contribution in [0.25, 0.3) is 0 Å². The third kappa shape index (κ3) is 1.59. The maximum atomic E-state index is 10.7. The minimum absolute atomic E-state index is 0.0278. The fourth-order valence-corrected chi connectivity index (χ4v) is 1.87. The summed E-state index contributed by atoms with van der Waals surface area (Å²) in [5, 5.41) is 8.76. The monoisotopic (exact) mass is 208 g/mol. The second-order valence-electron chi connectivity index (χ2n) is 3.62. The maximum absolute atomic E-state index is 10.7. The van der Waals surface area contributed by atoms with Crippen LogP contribution in [0.5, 0.6) is 0 Å². The Morgan fingerprint density at radius 2 is 2.00 bits per heavy atom. The first-order chi connectivity index (χ1) is 5.37. The number of carboxylic acid groups (broad SMARTS) is 1. The molecular formula is C8H10Cl2O2. The Morgan fingerprint density at radius 1 is 1.50 bits per heavy atom. The van der Waals surface area contributed by atoms with Crippen LogP contribution in [-0.2, 0) is 4.79 Å². The van der Waals surface area contributed by atoms with Crippen molar-refractivity contribution >= 4 is 29.2 Å². The Kier molecular flexibility index (Phi) is 2.41. The molecular weight excluding hydrogens is 199 g/mol. The zero-order chi connectivity index (χ0) is 9.52. The molecule has 1 rings (SSSR count). The molecule has 12 heavy (non-hydrogen) atoms. The molecule has 4 heteroatoms.